The first-order valence-corrected chi connectivity index (χ1v) is 7.18. The van der Waals surface area contributed by atoms with Crippen LogP contribution in [0.3, 0.4) is 0 Å². The Morgan fingerprint density at radius 3 is 2.48 bits per heavy atom. The van der Waals surface area contributed by atoms with E-state index in [0.717, 1.165) is 6.42 Å². The van der Waals surface area contributed by atoms with E-state index in [-0.39, 0.29) is 11.3 Å². The Labute approximate surface area is 124 Å². The third kappa shape index (κ3) is 2.80. The van der Waals surface area contributed by atoms with Gasteiger partial charge in [-0.05, 0) is 41.5 Å². The predicted molar refractivity (Wildman–Crippen MR) is 79.9 cm³/mol. The van der Waals surface area contributed by atoms with Crippen LogP contribution in [0, 0.1) is 17.8 Å². The first-order valence-electron chi connectivity index (χ1n) is 7.18. The van der Waals surface area contributed by atoms with Crippen molar-refractivity contribution >= 4 is 0 Å². The maximum Gasteiger partial charge on any atom is 0.225 e. The second-order valence-electron chi connectivity index (χ2n) is 5.80. The monoisotopic (exact) mass is 290 g/mol. The number of hydrogen-bond donors (Lipinski definition) is 0. The summed E-state index contributed by atoms with van der Waals surface area (Å²) in [5, 5.41) is 0. The SMILES string of the molecule is CCC(C)(c1cc(F)nc(F)c1-c1ccccn1)C(C)C. The lowest BCUT2D eigenvalue weighted by atomic mass is 9.70. The molecule has 2 aromatic rings. The van der Waals surface area contributed by atoms with Gasteiger partial charge in [-0.2, -0.15) is 13.8 Å². The lowest BCUT2D eigenvalue weighted by molar-refractivity contribution is 0.323. The van der Waals surface area contributed by atoms with Crippen molar-refractivity contribution in [2.24, 2.45) is 5.92 Å². The largest absolute Gasteiger partial charge is 0.256 e. The van der Waals surface area contributed by atoms with Crippen LogP contribution in [-0.4, -0.2) is 9.97 Å². The number of hydrogen-bond acceptors (Lipinski definition) is 2. The molecule has 2 nitrogen and oxygen atoms in total. The molecule has 21 heavy (non-hydrogen) atoms. The highest BCUT2D eigenvalue weighted by Crippen LogP contribution is 2.41. The molecule has 112 valence electrons. The van der Waals surface area contributed by atoms with Gasteiger partial charge in [0.2, 0.25) is 11.9 Å². The van der Waals surface area contributed by atoms with Crippen LogP contribution in [0.15, 0.2) is 30.5 Å². The van der Waals surface area contributed by atoms with Crippen LogP contribution < -0.4 is 0 Å². The van der Waals surface area contributed by atoms with E-state index in [1.165, 1.54) is 6.07 Å². The van der Waals surface area contributed by atoms with Crippen molar-refractivity contribution in [2.45, 2.75) is 39.5 Å². The minimum absolute atomic E-state index is 0.228. The van der Waals surface area contributed by atoms with Gasteiger partial charge in [0.15, 0.2) is 0 Å². The van der Waals surface area contributed by atoms with E-state index in [1.54, 1.807) is 24.4 Å². The molecule has 0 bridgehead atoms. The summed E-state index contributed by atoms with van der Waals surface area (Å²) in [4.78, 5) is 7.55. The van der Waals surface area contributed by atoms with E-state index in [0.29, 0.717) is 16.8 Å². The van der Waals surface area contributed by atoms with Gasteiger partial charge in [0.25, 0.3) is 0 Å². The first-order chi connectivity index (χ1) is 9.90. The van der Waals surface area contributed by atoms with Crippen LogP contribution in [0.2, 0.25) is 0 Å². The average molecular weight is 290 g/mol. The molecule has 0 aromatic carbocycles. The second kappa shape index (κ2) is 5.88. The third-order valence-corrected chi connectivity index (χ3v) is 4.49. The van der Waals surface area contributed by atoms with Gasteiger partial charge in [-0.15, -0.1) is 0 Å². The number of rotatable bonds is 4. The van der Waals surface area contributed by atoms with E-state index in [1.807, 2.05) is 13.8 Å². The second-order valence-corrected chi connectivity index (χ2v) is 5.80. The lowest BCUT2D eigenvalue weighted by Crippen LogP contribution is -2.29. The fourth-order valence-electron chi connectivity index (χ4n) is 2.60. The molecule has 1 atom stereocenters. The molecule has 0 saturated carbocycles. The van der Waals surface area contributed by atoms with Crippen LogP contribution in [0.5, 0.6) is 0 Å². The number of aromatic nitrogens is 2. The van der Waals surface area contributed by atoms with Gasteiger partial charge >= 0.3 is 0 Å². The van der Waals surface area contributed by atoms with Gasteiger partial charge in [0.1, 0.15) is 0 Å². The normalized spacial score (nSPS) is 14.2. The van der Waals surface area contributed by atoms with Crippen molar-refractivity contribution in [1.29, 1.82) is 0 Å². The minimum Gasteiger partial charge on any atom is -0.256 e. The van der Waals surface area contributed by atoms with Gasteiger partial charge < -0.3 is 0 Å². The van der Waals surface area contributed by atoms with Gasteiger partial charge in [0, 0.05) is 6.20 Å². The van der Waals surface area contributed by atoms with Crippen molar-refractivity contribution in [1.82, 2.24) is 9.97 Å². The lowest BCUT2D eigenvalue weighted by Gasteiger charge is -2.35. The van der Waals surface area contributed by atoms with Crippen LogP contribution in [0.1, 0.15) is 39.7 Å². The zero-order valence-corrected chi connectivity index (χ0v) is 12.8. The Kier molecular flexibility index (Phi) is 4.35. The fourth-order valence-corrected chi connectivity index (χ4v) is 2.60. The maximum atomic E-state index is 14.3. The van der Waals surface area contributed by atoms with E-state index in [2.05, 4.69) is 23.8 Å². The Balaban J connectivity index is 2.76. The molecule has 0 aliphatic rings. The molecular weight excluding hydrogens is 270 g/mol. The highest BCUT2D eigenvalue weighted by molar-refractivity contribution is 5.65. The Hall–Kier alpha value is -1.84. The molecule has 2 heterocycles. The smallest absolute Gasteiger partial charge is 0.225 e. The Morgan fingerprint density at radius 1 is 1.24 bits per heavy atom. The molecule has 1 unspecified atom stereocenters. The van der Waals surface area contributed by atoms with E-state index in [4.69, 9.17) is 0 Å². The average Bonchev–Trinajstić information content (AvgIpc) is 2.46. The molecule has 2 aromatic heterocycles. The van der Waals surface area contributed by atoms with Crippen LogP contribution in [-0.2, 0) is 5.41 Å². The number of halogens is 2. The molecule has 0 radical (unpaired) electrons. The van der Waals surface area contributed by atoms with Gasteiger partial charge in [0.05, 0.1) is 11.3 Å². The van der Waals surface area contributed by atoms with E-state index in [9.17, 15) is 8.78 Å². The van der Waals surface area contributed by atoms with Gasteiger partial charge in [-0.25, -0.2) is 0 Å². The standard InChI is InChI=1S/C17H20F2N2/c1-5-17(4,11(2)3)12-10-14(18)21-16(19)15(12)13-8-6-7-9-20-13/h6-11H,5H2,1-4H3. The molecular formula is C17H20F2N2. The van der Waals surface area contributed by atoms with Crippen LogP contribution in [0.25, 0.3) is 11.3 Å². The van der Waals surface area contributed by atoms with Gasteiger partial charge in [-0.1, -0.05) is 33.8 Å². The molecule has 0 saturated heterocycles. The molecule has 0 aliphatic carbocycles. The van der Waals surface area contributed by atoms with Crippen molar-refractivity contribution in [3.8, 4) is 11.3 Å². The minimum atomic E-state index is -0.802. The molecule has 0 N–H and O–H groups in total. The zero-order valence-electron chi connectivity index (χ0n) is 12.8. The summed E-state index contributed by atoms with van der Waals surface area (Å²) in [7, 11) is 0. The van der Waals surface area contributed by atoms with Crippen LogP contribution in [0.4, 0.5) is 8.78 Å². The maximum absolute atomic E-state index is 14.3. The zero-order chi connectivity index (χ0) is 15.6. The Morgan fingerprint density at radius 2 is 1.95 bits per heavy atom. The topological polar surface area (TPSA) is 25.8 Å². The van der Waals surface area contributed by atoms with E-state index < -0.39 is 11.9 Å². The summed E-state index contributed by atoms with van der Waals surface area (Å²) >= 11 is 0. The van der Waals surface area contributed by atoms with Crippen molar-refractivity contribution < 1.29 is 8.78 Å². The highest BCUT2D eigenvalue weighted by Gasteiger charge is 2.33. The molecule has 0 spiro atoms. The van der Waals surface area contributed by atoms with Crippen molar-refractivity contribution in [3.63, 3.8) is 0 Å². The summed E-state index contributed by atoms with van der Waals surface area (Å²) in [6.45, 7) is 8.17. The van der Waals surface area contributed by atoms with Crippen molar-refractivity contribution in [3.05, 3.63) is 47.9 Å². The Bertz CT molecular complexity index is 626. The van der Waals surface area contributed by atoms with E-state index >= 15 is 0 Å². The molecule has 4 heteroatoms. The molecule has 0 amide bonds. The fraction of sp³-hybridized carbons (Fsp3) is 0.412. The summed E-state index contributed by atoms with van der Waals surface area (Å²) in [5.74, 6) is -1.36. The molecule has 0 aliphatic heterocycles. The summed E-state index contributed by atoms with van der Waals surface area (Å²) in [6, 6.07) is 6.61. The summed E-state index contributed by atoms with van der Waals surface area (Å²) in [5.41, 5.74) is 1.06. The van der Waals surface area contributed by atoms with Crippen LogP contribution >= 0.6 is 0 Å². The number of pyridine rings is 2. The molecule has 0 fully saturated rings. The first kappa shape index (κ1) is 15.5. The summed E-state index contributed by atoms with van der Waals surface area (Å²) < 4.78 is 28.0. The predicted octanol–water partition coefficient (Wildman–Crippen LogP) is 4.75. The van der Waals surface area contributed by atoms with Gasteiger partial charge in [-0.3, -0.25) is 4.98 Å². The number of nitrogens with zero attached hydrogens (tertiary/aromatic N) is 2. The quantitative estimate of drug-likeness (QED) is 0.760. The third-order valence-electron chi connectivity index (χ3n) is 4.49. The molecule has 2 rings (SSSR count). The summed E-state index contributed by atoms with van der Waals surface area (Å²) in [6.07, 6.45) is 2.37. The highest BCUT2D eigenvalue weighted by atomic mass is 19.1. The van der Waals surface area contributed by atoms with Crippen molar-refractivity contribution in [2.75, 3.05) is 0 Å².